The fraction of sp³-hybridized carbons (Fsp3) is 0.385. The van der Waals surface area contributed by atoms with Crippen LogP contribution in [0.5, 0.6) is 5.75 Å². The Morgan fingerprint density at radius 2 is 2.00 bits per heavy atom. The summed E-state index contributed by atoms with van der Waals surface area (Å²) in [6, 6.07) is 5.15. The molecular weight excluding hydrogens is 314 g/mol. The molecule has 6 heteroatoms. The van der Waals surface area contributed by atoms with E-state index in [1.54, 1.807) is 20.1 Å². The van der Waals surface area contributed by atoms with Gasteiger partial charge in [-0.2, -0.15) is 0 Å². The fourth-order valence-corrected chi connectivity index (χ4v) is 2.04. The van der Waals surface area contributed by atoms with Gasteiger partial charge in [0.2, 0.25) is 5.91 Å². The van der Waals surface area contributed by atoms with Gasteiger partial charge in [-0.05, 0) is 47.5 Å². The Bertz CT molecular complexity index is 490. The number of hydrogen-bond acceptors (Lipinski definition) is 3. The van der Waals surface area contributed by atoms with Crippen LogP contribution in [0.1, 0.15) is 25.5 Å². The second-order valence-corrected chi connectivity index (χ2v) is 5.04. The van der Waals surface area contributed by atoms with E-state index in [2.05, 4.69) is 21.2 Å². The van der Waals surface area contributed by atoms with Crippen molar-refractivity contribution in [2.24, 2.45) is 5.92 Å². The Morgan fingerprint density at radius 1 is 1.37 bits per heavy atom. The van der Waals surface area contributed by atoms with Crippen LogP contribution in [0.2, 0.25) is 0 Å². The number of carboxylic acid groups (broad SMARTS) is 1. The standard InChI is InChI=1S/C13H16BrNO4/c1-7(13(17)18)12(16)15-8(2)9-4-5-11(19-3)10(14)6-9/h4-8H,1-3H3,(H,15,16)(H,17,18). The van der Waals surface area contributed by atoms with E-state index in [1.807, 2.05) is 12.1 Å². The molecule has 0 aliphatic rings. The van der Waals surface area contributed by atoms with Crippen molar-refractivity contribution in [2.45, 2.75) is 19.9 Å². The monoisotopic (exact) mass is 329 g/mol. The van der Waals surface area contributed by atoms with Gasteiger partial charge in [0.1, 0.15) is 11.7 Å². The molecule has 0 spiro atoms. The molecule has 2 N–H and O–H groups in total. The molecular formula is C13H16BrNO4. The summed E-state index contributed by atoms with van der Waals surface area (Å²) in [5.41, 5.74) is 0.860. The van der Waals surface area contributed by atoms with Crippen molar-refractivity contribution < 1.29 is 19.4 Å². The molecule has 0 aliphatic carbocycles. The number of amides is 1. The summed E-state index contributed by atoms with van der Waals surface area (Å²) in [6.07, 6.45) is 0. The predicted octanol–water partition coefficient (Wildman–Crippen LogP) is 2.36. The van der Waals surface area contributed by atoms with E-state index < -0.39 is 17.8 Å². The van der Waals surface area contributed by atoms with Gasteiger partial charge in [0.05, 0.1) is 17.6 Å². The highest BCUT2D eigenvalue weighted by molar-refractivity contribution is 9.10. The van der Waals surface area contributed by atoms with Crippen molar-refractivity contribution in [1.29, 1.82) is 0 Å². The molecule has 1 rings (SSSR count). The second-order valence-electron chi connectivity index (χ2n) is 4.18. The summed E-state index contributed by atoms with van der Waals surface area (Å²) < 4.78 is 5.90. The van der Waals surface area contributed by atoms with Crippen LogP contribution in [-0.4, -0.2) is 24.1 Å². The van der Waals surface area contributed by atoms with Gasteiger partial charge < -0.3 is 15.2 Å². The molecule has 0 saturated heterocycles. The maximum absolute atomic E-state index is 11.6. The lowest BCUT2D eigenvalue weighted by Crippen LogP contribution is -2.35. The number of methoxy groups -OCH3 is 1. The van der Waals surface area contributed by atoms with Crippen molar-refractivity contribution in [1.82, 2.24) is 5.32 Å². The minimum Gasteiger partial charge on any atom is -0.496 e. The zero-order valence-corrected chi connectivity index (χ0v) is 12.5. The van der Waals surface area contributed by atoms with Crippen molar-refractivity contribution in [2.75, 3.05) is 7.11 Å². The lowest BCUT2D eigenvalue weighted by Gasteiger charge is -2.17. The molecule has 1 aromatic carbocycles. The SMILES string of the molecule is COc1ccc(C(C)NC(=O)C(C)C(=O)O)cc1Br. The van der Waals surface area contributed by atoms with Gasteiger partial charge in [0.15, 0.2) is 0 Å². The zero-order chi connectivity index (χ0) is 14.6. The van der Waals surface area contributed by atoms with Crippen LogP contribution in [0.25, 0.3) is 0 Å². The molecule has 1 aromatic rings. The molecule has 0 heterocycles. The number of ether oxygens (including phenoxy) is 1. The highest BCUT2D eigenvalue weighted by Gasteiger charge is 2.22. The third-order valence-electron chi connectivity index (χ3n) is 2.80. The van der Waals surface area contributed by atoms with Gasteiger partial charge in [0.25, 0.3) is 0 Å². The number of rotatable bonds is 5. The predicted molar refractivity (Wildman–Crippen MR) is 74.1 cm³/mol. The van der Waals surface area contributed by atoms with E-state index >= 15 is 0 Å². The molecule has 0 bridgehead atoms. The molecule has 19 heavy (non-hydrogen) atoms. The van der Waals surface area contributed by atoms with Gasteiger partial charge >= 0.3 is 5.97 Å². The van der Waals surface area contributed by atoms with Gasteiger partial charge in [-0.25, -0.2) is 0 Å². The van der Waals surface area contributed by atoms with E-state index in [1.165, 1.54) is 6.92 Å². The Kier molecular flexibility index (Phi) is 5.35. The van der Waals surface area contributed by atoms with E-state index in [-0.39, 0.29) is 6.04 Å². The smallest absolute Gasteiger partial charge is 0.315 e. The Morgan fingerprint density at radius 3 is 2.47 bits per heavy atom. The number of aliphatic carboxylic acids is 1. The van der Waals surface area contributed by atoms with Crippen molar-refractivity contribution in [3.63, 3.8) is 0 Å². The third-order valence-corrected chi connectivity index (χ3v) is 3.42. The van der Waals surface area contributed by atoms with Gasteiger partial charge in [-0.1, -0.05) is 6.07 Å². The van der Waals surface area contributed by atoms with Crippen molar-refractivity contribution in [3.8, 4) is 5.75 Å². The maximum atomic E-state index is 11.6. The average molecular weight is 330 g/mol. The molecule has 0 fully saturated rings. The Hall–Kier alpha value is -1.56. The second kappa shape index (κ2) is 6.56. The van der Waals surface area contributed by atoms with E-state index in [0.29, 0.717) is 5.75 Å². The van der Waals surface area contributed by atoms with Crippen LogP contribution in [0, 0.1) is 5.92 Å². The highest BCUT2D eigenvalue weighted by Crippen LogP contribution is 2.28. The first kappa shape index (κ1) is 15.5. The number of carbonyl (C=O) groups is 2. The molecule has 5 nitrogen and oxygen atoms in total. The normalized spacial score (nSPS) is 13.5. The van der Waals surface area contributed by atoms with Crippen LogP contribution in [-0.2, 0) is 9.59 Å². The summed E-state index contributed by atoms with van der Waals surface area (Å²) in [4.78, 5) is 22.4. The average Bonchev–Trinajstić information content (AvgIpc) is 2.37. The van der Waals surface area contributed by atoms with Crippen LogP contribution in [0.15, 0.2) is 22.7 Å². The Balaban J connectivity index is 2.78. The van der Waals surface area contributed by atoms with E-state index in [4.69, 9.17) is 9.84 Å². The topological polar surface area (TPSA) is 75.6 Å². The van der Waals surface area contributed by atoms with Crippen LogP contribution in [0.4, 0.5) is 0 Å². The summed E-state index contributed by atoms with van der Waals surface area (Å²) in [5, 5.41) is 11.4. The molecule has 1 amide bonds. The summed E-state index contributed by atoms with van der Waals surface area (Å²) in [5.74, 6) is -2.02. The van der Waals surface area contributed by atoms with Crippen molar-refractivity contribution in [3.05, 3.63) is 28.2 Å². The van der Waals surface area contributed by atoms with E-state index in [0.717, 1.165) is 10.0 Å². The Labute approximate surface area is 120 Å². The number of carboxylic acids is 1. The van der Waals surface area contributed by atoms with E-state index in [9.17, 15) is 9.59 Å². The highest BCUT2D eigenvalue weighted by atomic mass is 79.9. The minimum atomic E-state index is -1.14. The number of hydrogen-bond donors (Lipinski definition) is 2. The molecule has 0 radical (unpaired) electrons. The third kappa shape index (κ3) is 3.96. The maximum Gasteiger partial charge on any atom is 0.315 e. The summed E-state index contributed by atoms with van der Waals surface area (Å²) in [7, 11) is 1.57. The first-order chi connectivity index (χ1) is 8.86. The van der Waals surface area contributed by atoms with Crippen LogP contribution in [0.3, 0.4) is 0 Å². The van der Waals surface area contributed by atoms with Crippen molar-refractivity contribution >= 4 is 27.8 Å². The number of benzene rings is 1. The molecule has 0 aromatic heterocycles. The number of halogens is 1. The van der Waals surface area contributed by atoms with Gasteiger partial charge in [-0.15, -0.1) is 0 Å². The van der Waals surface area contributed by atoms with Gasteiger partial charge in [0, 0.05) is 0 Å². The number of carbonyl (C=O) groups excluding carboxylic acids is 1. The van der Waals surface area contributed by atoms with Crippen LogP contribution >= 0.6 is 15.9 Å². The lowest BCUT2D eigenvalue weighted by atomic mass is 10.1. The minimum absolute atomic E-state index is 0.281. The van der Waals surface area contributed by atoms with Gasteiger partial charge in [-0.3, -0.25) is 9.59 Å². The summed E-state index contributed by atoms with van der Waals surface area (Å²) in [6.45, 7) is 3.15. The lowest BCUT2D eigenvalue weighted by molar-refractivity contribution is -0.146. The fourth-order valence-electron chi connectivity index (χ4n) is 1.49. The quantitative estimate of drug-likeness (QED) is 0.813. The first-order valence-electron chi connectivity index (χ1n) is 5.73. The molecule has 0 saturated carbocycles. The largest absolute Gasteiger partial charge is 0.496 e. The molecule has 0 aliphatic heterocycles. The molecule has 2 atom stereocenters. The van der Waals surface area contributed by atoms with Crippen LogP contribution < -0.4 is 10.1 Å². The first-order valence-corrected chi connectivity index (χ1v) is 6.52. The zero-order valence-electron chi connectivity index (χ0n) is 10.9. The molecule has 2 unspecified atom stereocenters. The number of nitrogens with one attached hydrogen (secondary N) is 1. The molecule has 104 valence electrons. The summed E-state index contributed by atoms with van der Waals surface area (Å²) >= 11 is 3.36.